The summed E-state index contributed by atoms with van der Waals surface area (Å²) < 4.78 is 0. The standard InChI is InChI=1S/C17H16ClN3O4/c1-2-11-5-3-4-6-14(11)20-16(22)10-19-9-12-7-13(18)8-15(17(12)23)21(24)25/h3-9,23H,2,10H2,1H3,(H,20,22). The number of para-hydroxylation sites is 1. The summed E-state index contributed by atoms with van der Waals surface area (Å²) in [5.41, 5.74) is 1.27. The van der Waals surface area contributed by atoms with Crippen LogP contribution in [0.15, 0.2) is 41.4 Å². The molecule has 2 rings (SSSR count). The van der Waals surface area contributed by atoms with Gasteiger partial charge in [-0.25, -0.2) is 0 Å². The molecular formula is C17H16ClN3O4. The van der Waals surface area contributed by atoms with E-state index in [4.69, 9.17) is 11.6 Å². The second-order valence-electron chi connectivity index (χ2n) is 5.15. The lowest BCUT2D eigenvalue weighted by atomic mass is 10.1. The number of phenols is 1. The van der Waals surface area contributed by atoms with Gasteiger partial charge in [-0.15, -0.1) is 0 Å². The van der Waals surface area contributed by atoms with Crippen molar-refractivity contribution in [1.82, 2.24) is 0 Å². The number of aromatic hydroxyl groups is 1. The molecule has 2 N–H and O–H groups in total. The molecule has 0 radical (unpaired) electrons. The van der Waals surface area contributed by atoms with Crippen molar-refractivity contribution in [2.24, 2.45) is 4.99 Å². The molecule has 0 atom stereocenters. The number of carbonyl (C=O) groups is 1. The first kappa shape index (κ1) is 18.4. The Labute approximate surface area is 149 Å². The minimum Gasteiger partial charge on any atom is -0.502 e. The monoisotopic (exact) mass is 361 g/mol. The maximum absolute atomic E-state index is 12.0. The average Bonchev–Trinajstić information content (AvgIpc) is 2.57. The van der Waals surface area contributed by atoms with Crippen LogP contribution in [0.2, 0.25) is 5.02 Å². The van der Waals surface area contributed by atoms with E-state index in [2.05, 4.69) is 10.3 Å². The summed E-state index contributed by atoms with van der Waals surface area (Å²) in [5, 5.41) is 23.6. The largest absolute Gasteiger partial charge is 0.502 e. The molecule has 7 nitrogen and oxygen atoms in total. The van der Waals surface area contributed by atoms with Gasteiger partial charge in [-0.3, -0.25) is 19.9 Å². The number of nitrogens with one attached hydrogen (secondary N) is 1. The smallest absolute Gasteiger partial charge is 0.312 e. The van der Waals surface area contributed by atoms with Gasteiger partial charge in [-0.1, -0.05) is 36.7 Å². The average molecular weight is 362 g/mol. The molecule has 2 aromatic rings. The van der Waals surface area contributed by atoms with Crippen LogP contribution < -0.4 is 5.32 Å². The fourth-order valence-electron chi connectivity index (χ4n) is 2.21. The number of nitrogens with zero attached hydrogens (tertiary/aromatic N) is 2. The Kier molecular flexibility index (Phi) is 6.08. The number of aryl methyl sites for hydroxylation is 1. The lowest BCUT2D eigenvalue weighted by Gasteiger charge is -2.08. The zero-order chi connectivity index (χ0) is 18.4. The maximum atomic E-state index is 12.0. The van der Waals surface area contributed by atoms with E-state index in [0.29, 0.717) is 5.69 Å². The van der Waals surface area contributed by atoms with Gasteiger partial charge in [0.25, 0.3) is 0 Å². The predicted octanol–water partition coefficient (Wildman–Crippen LogP) is 3.57. The van der Waals surface area contributed by atoms with Gasteiger partial charge in [0.15, 0.2) is 0 Å². The second kappa shape index (κ2) is 8.25. The third-order valence-electron chi connectivity index (χ3n) is 3.42. The molecule has 2 aromatic carbocycles. The van der Waals surface area contributed by atoms with E-state index in [1.807, 2.05) is 25.1 Å². The second-order valence-corrected chi connectivity index (χ2v) is 5.58. The highest BCUT2D eigenvalue weighted by molar-refractivity contribution is 6.31. The number of phenolic OH excluding ortho intramolecular Hbond substituents is 1. The van der Waals surface area contributed by atoms with Gasteiger partial charge in [0.05, 0.1) is 4.92 Å². The zero-order valence-corrected chi connectivity index (χ0v) is 14.2. The number of hydrogen-bond acceptors (Lipinski definition) is 5. The van der Waals surface area contributed by atoms with E-state index >= 15 is 0 Å². The van der Waals surface area contributed by atoms with Gasteiger partial charge in [0, 0.05) is 28.6 Å². The van der Waals surface area contributed by atoms with E-state index in [-0.39, 0.29) is 23.0 Å². The van der Waals surface area contributed by atoms with Crippen molar-refractivity contribution in [3.05, 3.63) is 62.7 Å². The number of hydrogen-bond donors (Lipinski definition) is 2. The molecule has 0 aromatic heterocycles. The van der Waals surface area contributed by atoms with Crippen molar-refractivity contribution in [1.29, 1.82) is 0 Å². The van der Waals surface area contributed by atoms with Crippen LogP contribution in [-0.2, 0) is 11.2 Å². The first-order valence-electron chi connectivity index (χ1n) is 7.46. The van der Waals surface area contributed by atoms with E-state index in [1.165, 1.54) is 12.3 Å². The topological polar surface area (TPSA) is 105 Å². The SMILES string of the molecule is CCc1ccccc1NC(=O)CN=Cc1cc(Cl)cc([N+](=O)[O-])c1O. The molecule has 0 saturated carbocycles. The minimum absolute atomic E-state index is 0.0703. The lowest BCUT2D eigenvalue weighted by molar-refractivity contribution is -0.385. The summed E-state index contributed by atoms with van der Waals surface area (Å²) in [6.45, 7) is 1.79. The molecule has 1 amide bonds. The van der Waals surface area contributed by atoms with Gasteiger partial charge >= 0.3 is 5.69 Å². The Hall–Kier alpha value is -2.93. The van der Waals surface area contributed by atoms with Gasteiger partial charge in [-0.2, -0.15) is 0 Å². The third-order valence-corrected chi connectivity index (χ3v) is 3.64. The Bertz CT molecular complexity index is 837. The number of carbonyl (C=O) groups excluding carboxylic acids is 1. The van der Waals surface area contributed by atoms with E-state index < -0.39 is 16.4 Å². The molecule has 0 aliphatic heterocycles. The number of nitro groups is 1. The summed E-state index contributed by atoms with van der Waals surface area (Å²) in [6.07, 6.45) is 1.96. The molecule has 0 aliphatic carbocycles. The number of amides is 1. The fourth-order valence-corrected chi connectivity index (χ4v) is 2.43. The first-order chi connectivity index (χ1) is 11.9. The van der Waals surface area contributed by atoms with Crippen molar-refractivity contribution in [2.45, 2.75) is 13.3 Å². The van der Waals surface area contributed by atoms with Gasteiger partial charge in [-0.05, 0) is 24.1 Å². The van der Waals surface area contributed by atoms with Crippen LogP contribution in [0.5, 0.6) is 5.75 Å². The number of nitro benzene ring substituents is 1. The predicted molar refractivity (Wildman–Crippen MR) is 96.7 cm³/mol. The molecule has 0 heterocycles. The Morgan fingerprint density at radius 1 is 1.40 bits per heavy atom. The van der Waals surface area contributed by atoms with Gasteiger partial charge in [0.2, 0.25) is 11.7 Å². The number of aliphatic imine (C=N–C) groups is 1. The summed E-state index contributed by atoms with van der Waals surface area (Å²) in [7, 11) is 0. The van der Waals surface area contributed by atoms with E-state index in [0.717, 1.165) is 18.1 Å². The number of benzene rings is 2. The van der Waals surface area contributed by atoms with Crippen LogP contribution >= 0.6 is 11.6 Å². The Balaban J connectivity index is 2.08. The third kappa shape index (κ3) is 4.77. The van der Waals surface area contributed by atoms with Gasteiger partial charge in [0.1, 0.15) is 6.54 Å². The van der Waals surface area contributed by atoms with E-state index in [1.54, 1.807) is 6.07 Å². The van der Waals surface area contributed by atoms with E-state index in [9.17, 15) is 20.0 Å². The van der Waals surface area contributed by atoms with Crippen LogP contribution in [-0.4, -0.2) is 28.7 Å². The minimum atomic E-state index is -0.743. The number of halogens is 1. The van der Waals surface area contributed by atoms with Crippen LogP contribution in [0.25, 0.3) is 0 Å². The van der Waals surface area contributed by atoms with Crippen LogP contribution in [0.3, 0.4) is 0 Å². The molecular weight excluding hydrogens is 346 g/mol. The highest BCUT2D eigenvalue weighted by Gasteiger charge is 2.17. The van der Waals surface area contributed by atoms with Crippen molar-refractivity contribution in [2.75, 3.05) is 11.9 Å². The van der Waals surface area contributed by atoms with Crippen molar-refractivity contribution < 1.29 is 14.8 Å². The van der Waals surface area contributed by atoms with Gasteiger partial charge < -0.3 is 10.4 Å². The summed E-state index contributed by atoms with van der Waals surface area (Å²) in [4.78, 5) is 26.0. The van der Waals surface area contributed by atoms with Crippen LogP contribution in [0.1, 0.15) is 18.1 Å². The highest BCUT2D eigenvalue weighted by atomic mass is 35.5. The normalized spacial score (nSPS) is 10.8. The molecule has 0 bridgehead atoms. The summed E-state index contributed by atoms with van der Waals surface area (Å²) in [6, 6.07) is 9.80. The van der Waals surface area contributed by atoms with Crippen molar-refractivity contribution in [3.8, 4) is 5.75 Å². The summed E-state index contributed by atoms with van der Waals surface area (Å²) in [5.74, 6) is -0.886. The zero-order valence-electron chi connectivity index (χ0n) is 13.4. The molecule has 0 spiro atoms. The number of rotatable bonds is 6. The summed E-state index contributed by atoms with van der Waals surface area (Å²) >= 11 is 5.79. The quantitative estimate of drug-likeness (QED) is 0.466. The van der Waals surface area contributed by atoms with Crippen LogP contribution in [0, 0.1) is 10.1 Å². The van der Waals surface area contributed by atoms with Crippen molar-refractivity contribution >= 4 is 35.1 Å². The molecule has 0 aliphatic rings. The van der Waals surface area contributed by atoms with Crippen LogP contribution in [0.4, 0.5) is 11.4 Å². The molecule has 130 valence electrons. The fraction of sp³-hybridized carbons (Fsp3) is 0.176. The Morgan fingerprint density at radius 3 is 2.80 bits per heavy atom. The molecule has 25 heavy (non-hydrogen) atoms. The van der Waals surface area contributed by atoms with Crippen molar-refractivity contribution in [3.63, 3.8) is 0 Å². The number of anilines is 1. The first-order valence-corrected chi connectivity index (χ1v) is 7.84. The Morgan fingerprint density at radius 2 is 2.12 bits per heavy atom. The highest BCUT2D eigenvalue weighted by Crippen LogP contribution is 2.32. The molecule has 0 unspecified atom stereocenters. The lowest BCUT2D eigenvalue weighted by Crippen LogP contribution is -2.16. The molecule has 0 saturated heterocycles. The maximum Gasteiger partial charge on any atom is 0.312 e. The molecule has 0 fully saturated rings. The molecule has 8 heteroatoms.